The first kappa shape index (κ1) is 14.6. The van der Waals surface area contributed by atoms with Crippen molar-refractivity contribution in [3.63, 3.8) is 0 Å². The summed E-state index contributed by atoms with van der Waals surface area (Å²) in [6.45, 7) is 5.59. The monoisotopic (exact) mass is 283 g/mol. The van der Waals surface area contributed by atoms with Gasteiger partial charge in [-0.3, -0.25) is 0 Å². The molecule has 1 saturated heterocycles. The van der Waals surface area contributed by atoms with E-state index in [1.54, 1.807) is 0 Å². The van der Waals surface area contributed by atoms with Crippen LogP contribution in [0.2, 0.25) is 5.02 Å². The highest BCUT2D eigenvalue weighted by molar-refractivity contribution is 6.30. The summed E-state index contributed by atoms with van der Waals surface area (Å²) in [5, 5.41) is 4.26. The standard InChI is InChI=1S/C15H22ClNO2/c1-12(13-6-9-18-10-7-13)17-8-11-19-15-4-2-14(16)3-5-15/h2-5,12-13,17H,6-11H2,1H3. The number of halogens is 1. The minimum Gasteiger partial charge on any atom is -0.492 e. The van der Waals surface area contributed by atoms with Crippen molar-refractivity contribution in [2.75, 3.05) is 26.4 Å². The largest absolute Gasteiger partial charge is 0.492 e. The van der Waals surface area contributed by atoms with Crippen molar-refractivity contribution >= 4 is 11.6 Å². The Morgan fingerprint density at radius 1 is 1.32 bits per heavy atom. The van der Waals surface area contributed by atoms with Gasteiger partial charge in [-0.15, -0.1) is 0 Å². The first-order chi connectivity index (χ1) is 9.25. The van der Waals surface area contributed by atoms with Gasteiger partial charge in [0.05, 0.1) is 0 Å². The minimum absolute atomic E-state index is 0.526. The van der Waals surface area contributed by atoms with Crippen molar-refractivity contribution in [2.45, 2.75) is 25.8 Å². The van der Waals surface area contributed by atoms with Gasteiger partial charge in [0.25, 0.3) is 0 Å². The fourth-order valence-corrected chi connectivity index (χ4v) is 2.49. The lowest BCUT2D eigenvalue weighted by Gasteiger charge is -2.28. The third kappa shape index (κ3) is 5.01. The highest BCUT2D eigenvalue weighted by Crippen LogP contribution is 2.18. The lowest BCUT2D eigenvalue weighted by molar-refractivity contribution is 0.0556. The summed E-state index contributed by atoms with van der Waals surface area (Å²) in [6.07, 6.45) is 2.32. The Bertz CT molecular complexity index is 363. The van der Waals surface area contributed by atoms with Crippen LogP contribution in [0, 0.1) is 5.92 Å². The molecule has 0 bridgehead atoms. The Balaban J connectivity index is 1.62. The summed E-state index contributed by atoms with van der Waals surface area (Å²) < 4.78 is 11.0. The summed E-state index contributed by atoms with van der Waals surface area (Å²) in [5.41, 5.74) is 0. The van der Waals surface area contributed by atoms with Gasteiger partial charge in [0, 0.05) is 30.8 Å². The van der Waals surface area contributed by atoms with Crippen LogP contribution in [0.3, 0.4) is 0 Å². The molecule has 106 valence electrons. The molecule has 0 aliphatic carbocycles. The summed E-state index contributed by atoms with van der Waals surface area (Å²) in [5.74, 6) is 1.59. The number of benzene rings is 1. The fourth-order valence-electron chi connectivity index (χ4n) is 2.37. The fraction of sp³-hybridized carbons (Fsp3) is 0.600. The molecule has 0 amide bonds. The predicted octanol–water partition coefficient (Wildman–Crippen LogP) is 3.12. The average Bonchev–Trinajstić information content (AvgIpc) is 2.46. The Kier molecular flexibility index (Phi) is 5.95. The van der Waals surface area contributed by atoms with Crippen molar-refractivity contribution in [3.05, 3.63) is 29.3 Å². The van der Waals surface area contributed by atoms with Crippen LogP contribution in [0.15, 0.2) is 24.3 Å². The van der Waals surface area contributed by atoms with E-state index >= 15 is 0 Å². The molecule has 1 unspecified atom stereocenters. The van der Waals surface area contributed by atoms with Gasteiger partial charge in [-0.2, -0.15) is 0 Å². The zero-order valence-electron chi connectivity index (χ0n) is 11.4. The summed E-state index contributed by atoms with van der Waals surface area (Å²) in [6, 6.07) is 8.00. The smallest absolute Gasteiger partial charge is 0.119 e. The zero-order chi connectivity index (χ0) is 13.5. The molecule has 0 radical (unpaired) electrons. The second-order valence-corrected chi connectivity index (χ2v) is 5.43. The molecule has 1 aromatic carbocycles. The van der Waals surface area contributed by atoms with Gasteiger partial charge in [0.15, 0.2) is 0 Å². The number of ether oxygens (including phenoxy) is 2. The van der Waals surface area contributed by atoms with Crippen LogP contribution in [0.4, 0.5) is 0 Å². The van der Waals surface area contributed by atoms with E-state index in [2.05, 4.69) is 12.2 Å². The van der Waals surface area contributed by atoms with Crippen molar-refractivity contribution in [2.24, 2.45) is 5.92 Å². The van der Waals surface area contributed by atoms with E-state index in [1.165, 1.54) is 0 Å². The number of rotatable bonds is 6. The molecule has 2 rings (SSSR count). The molecular weight excluding hydrogens is 262 g/mol. The van der Waals surface area contributed by atoms with Gasteiger partial charge in [-0.1, -0.05) is 11.6 Å². The van der Waals surface area contributed by atoms with Gasteiger partial charge in [-0.05, 0) is 49.9 Å². The van der Waals surface area contributed by atoms with Crippen LogP contribution in [-0.2, 0) is 4.74 Å². The van der Waals surface area contributed by atoms with Gasteiger partial charge < -0.3 is 14.8 Å². The van der Waals surface area contributed by atoms with Gasteiger partial charge in [-0.25, -0.2) is 0 Å². The molecule has 0 saturated carbocycles. The van der Waals surface area contributed by atoms with E-state index in [4.69, 9.17) is 21.1 Å². The highest BCUT2D eigenvalue weighted by Gasteiger charge is 2.19. The third-order valence-corrected chi connectivity index (χ3v) is 3.88. The number of hydrogen-bond acceptors (Lipinski definition) is 3. The van der Waals surface area contributed by atoms with Crippen LogP contribution in [0.5, 0.6) is 5.75 Å². The minimum atomic E-state index is 0.526. The predicted molar refractivity (Wildman–Crippen MR) is 78.0 cm³/mol. The second kappa shape index (κ2) is 7.73. The molecule has 0 spiro atoms. The van der Waals surface area contributed by atoms with Crippen molar-refractivity contribution in [1.82, 2.24) is 5.32 Å². The highest BCUT2D eigenvalue weighted by atomic mass is 35.5. The Labute approximate surface area is 120 Å². The van der Waals surface area contributed by atoms with E-state index in [0.29, 0.717) is 12.6 Å². The van der Waals surface area contributed by atoms with Gasteiger partial charge in [0.1, 0.15) is 12.4 Å². The molecule has 3 nitrogen and oxygen atoms in total. The molecule has 1 N–H and O–H groups in total. The quantitative estimate of drug-likeness (QED) is 0.814. The Morgan fingerprint density at radius 3 is 2.68 bits per heavy atom. The third-order valence-electron chi connectivity index (χ3n) is 3.62. The van der Waals surface area contributed by atoms with E-state index in [-0.39, 0.29) is 0 Å². The second-order valence-electron chi connectivity index (χ2n) is 4.99. The topological polar surface area (TPSA) is 30.5 Å². The maximum atomic E-state index is 5.82. The Hall–Kier alpha value is -0.770. The van der Waals surface area contributed by atoms with Gasteiger partial charge in [0.2, 0.25) is 0 Å². The van der Waals surface area contributed by atoms with Crippen LogP contribution in [0.1, 0.15) is 19.8 Å². The van der Waals surface area contributed by atoms with Gasteiger partial charge >= 0.3 is 0 Å². The molecule has 1 heterocycles. The first-order valence-corrected chi connectivity index (χ1v) is 7.33. The molecule has 0 aromatic heterocycles. The van der Waals surface area contributed by atoms with Crippen LogP contribution < -0.4 is 10.1 Å². The number of hydrogen-bond donors (Lipinski definition) is 1. The lowest BCUT2D eigenvalue weighted by atomic mass is 9.93. The molecule has 1 fully saturated rings. The molecule has 1 aliphatic heterocycles. The van der Waals surface area contributed by atoms with Crippen LogP contribution >= 0.6 is 11.6 Å². The maximum Gasteiger partial charge on any atom is 0.119 e. The normalized spacial score (nSPS) is 18.2. The van der Waals surface area contributed by atoms with Crippen LogP contribution in [-0.4, -0.2) is 32.4 Å². The van der Waals surface area contributed by atoms with E-state index in [1.807, 2.05) is 24.3 Å². The summed E-state index contributed by atoms with van der Waals surface area (Å²) >= 11 is 5.82. The van der Waals surface area contributed by atoms with Crippen molar-refractivity contribution in [3.8, 4) is 5.75 Å². The zero-order valence-corrected chi connectivity index (χ0v) is 12.2. The summed E-state index contributed by atoms with van der Waals surface area (Å²) in [4.78, 5) is 0. The molecule has 1 aromatic rings. The van der Waals surface area contributed by atoms with E-state index in [0.717, 1.165) is 49.3 Å². The first-order valence-electron chi connectivity index (χ1n) is 6.95. The molecule has 19 heavy (non-hydrogen) atoms. The molecular formula is C15H22ClNO2. The Morgan fingerprint density at radius 2 is 2.00 bits per heavy atom. The van der Waals surface area contributed by atoms with E-state index < -0.39 is 0 Å². The average molecular weight is 284 g/mol. The SMILES string of the molecule is CC(NCCOc1ccc(Cl)cc1)C1CCOCC1. The van der Waals surface area contributed by atoms with Crippen molar-refractivity contribution < 1.29 is 9.47 Å². The van der Waals surface area contributed by atoms with E-state index in [9.17, 15) is 0 Å². The molecule has 1 aliphatic rings. The molecule has 4 heteroatoms. The summed E-state index contributed by atoms with van der Waals surface area (Å²) in [7, 11) is 0. The van der Waals surface area contributed by atoms with Crippen LogP contribution in [0.25, 0.3) is 0 Å². The molecule has 1 atom stereocenters. The number of nitrogens with one attached hydrogen (secondary N) is 1. The maximum absolute atomic E-state index is 5.82. The van der Waals surface area contributed by atoms with Crippen molar-refractivity contribution in [1.29, 1.82) is 0 Å². The lowest BCUT2D eigenvalue weighted by Crippen LogP contribution is -2.38.